The summed E-state index contributed by atoms with van der Waals surface area (Å²) < 4.78 is 26.8. The first-order chi connectivity index (χ1) is 13.1. The van der Waals surface area contributed by atoms with Gasteiger partial charge < -0.3 is 33.9 Å². The molecule has 1 heterocycles. The van der Waals surface area contributed by atoms with Crippen LogP contribution in [-0.2, 0) is 6.42 Å². The molecule has 7 nitrogen and oxygen atoms in total. The molecule has 0 unspecified atom stereocenters. The first-order valence-electron chi connectivity index (χ1n) is 8.60. The van der Waals surface area contributed by atoms with Gasteiger partial charge in [0.25, 0.3) is 0 Å². The monoisotopic (exact) mass is 376 g/mol. The van der Waals surface area contributed by atoms with Crippen molar-refractivity contribution in [3.8, 4) is 28.7 Å². The highest BCUT2D eigenvalue weighted by Crippen LogP contribution is 2.49. The van der Waals surface area contributed by atoms with Gasteiger partial charge in [0.2, 0.25) is 18.3 Å². The van der Waals surface area contributed by atoms with E-state index in [1.165, 1.54) is 14.2 Å². The minimum absolute atomic E-state index is 0.0875. The van der Waals surface area contributed by atoms with E-state index in [4.69, 9.17) is 23.7 Å². The predicted molar refractivity (Wildman–Crippen MR) is 98.0 cm³/mol. The second-order valence-electron chi connectivity index (χ2n) is 6.22. The molecular formula is C20H24O7. The molecule has 2 aromatic carbocycles. The minimum atomic E-state index is -0.798. The van der Waals surface area contributed by atoms with E-state index in [2.05, 4.69) is 0 Å². The average molecular weight is 376 g/mol. The Kier molecular flexibility index (Phi) is 5.93. The topological polar surface area (TPSA) is 86.6 Å². The second-order valence-corrected chi connectivity index (χ2v) is 6.22. The number of ether oxygens (including phenoxy) is 5. The molecule has 0 aliphatic carbocycles. The van der Waals surface area contributed by atoms with Crippen LogP contribution in [0.5, 0.6) is 28.7 Å². The summed E-state index contributed by atoms with van der Waals surface area (Å²) in [5, 5.41) is 20.9. The van der Waals surface area contributed by atoms with Crippen molar-refractivity contribution in [2.75, 3.05) is 28.1 Å². The third kappa shape index (κ3) is 4.04. The number of benzene rings is 2. The number of aliphatic hydroxyl groups excluding tert-OH is 2. The molecule has 1 aliphatic rings. The summed E-state index contributed by atoms with van der Waals surface area (Å²) in [7, 11) is 4.66. The smallest absolute Gasteiger partial charge is 0.231 e. The molecule has 2 aromatic rings. The number of methoxy groups -OCH3 is 3. The van der Waals surface area contributed by atoms with Gasteiger partial charge in [0.1, 0.15) is 5.75 Å². The minimum Gasteiger partial charge on any atom is -0.497 e. The molecule has 0 fully saturated rings. The second kappa shape index (κ2) is 8.37. The van der Waals surface area contributed by atoms with Crippen molar-refractivity contribution in [1.82, 2.24) is 0 Å². The largest absolute Gasteiger partial charge is 0.497 e. The normalized spacial score (nSPS) is 14.6. The highest BCUT2D eigenvalue weighted by Gasteiger charge is 2.28. The van der Waals surface area contributed by atoms with Crippen LogP contribution in [0.25, 0.3) is 0 Å². The molecular weight excluding hydrogens is 352 g/mol. The summed E-state index contributed by atoms with van der Waals surface area (Å²) in [4.78, 5) is 0. The maximum Gasteiger partial charge on any atom is 0.231 e. The van der Waals surface area contributed by atoms with Gasteiger partial charge >= 0.3 is 0 Å². The fraction of sp³-hybridized carbons (Fsp3) is 0.400. The fourth-order valence-electron chi connectivity index (χ4n) is 3.15. The molecule has 7 heteroatoms. The molecule has 2 atom stereocenters. The van der Waals surface area contributed by atoms with E-state index in [-0.39, 0.29) is 19.6 Å². The van der Waals surface area contributed by atoms with E-state index >= 15 is 0 Å². The molecule has 1 aliphatic heterocycles. The van der Waals surface area contributed by atoms with Gasteiger partial charge in [-0.3, -0.25) is 0 Å². The van der Waals surface area contributed by atoms with Gasteiger partial charge in [0.05, 0.1) is 33.5 Å². The van der Waals surface area contributed by atoms with Crippen molar-refractivity contribution in [3.63, 3.8) is 0 Å². The molecule has 2 N–H and O–H groups in total. The van der Waals surface area contributed by atoms with E-state index < -0.39 is 12.2 Å². The molecule has 27 heavy (non-hydrogen) atoms. The molecule has 0 spiro atoms. The lowest BCUT2D eigenvalue weighted by Crippen LogP contribution is -2.16. The van der Waals surface area contributed by atoms with E-state index in [1.54, 1.807) is 37.4 Å². The van der Waals surface area contributed by atoms with Crippen LogP contribution in [0.4, 0.5) is 0 Å². The number of hydrogen-bond donors (Lipinski definition) is 2. The first kappa shape index (κ1) is 19.1. The Hall–Kier alpha value is -2.64. The molecule has 146 valence electrons. The first-order valence-corrected chi connectivity index (χ1v) is 8.60. The van der Waals surface area contributed by atoms with Crippen molar-refractivity contribution >= 4 is 0 Å². The Morgan fingerprint density at radius 1 is 0.963 bits per heavy atom. The van der Waals surface area contributed by atoms with Crippen LogP contribution in [-0.4, -0.2) is 44.4 Å². The lowest BCUT2D eigenvalue weighted by Gasteiger charge is -2.19. The maximum absolute atomic E-state index is 10.5. The molecule has 0 aromatic heterocycles. The Bertz CT molecular complexity index is 773. The maximum atomic E-state index is 10.5. The van der Waals surface area contributed by atoms with Crippen LogP contribution >= 0.6 is 0 Å². The van der Waals surface area contributed by atoms with Gasteiger partial charge in [-0.2, -0.15) is 0 Å². The third-order valence-corrected chi connectivity index (χ3v) is 4.52. The average Bonchev–Trinajstić information content (AvgIpc) is 3.17. The number of fused-ring (bicyclic) bond motifs is 1. The van der Waals surface area contributed by atoms with Crippen LogP contribution in [0.3, 0.4) is 0 Å². The van der Waals surface area contributed by atoms with Gasteiger partial charge in [-0.1, -0.05) is 12.1 Å². The SMILES string of the molecule is COc1ccc([C@@H](O)C[C@H](O)Cc2cc(OC)c3c(c2OC)OCO3)cc1. The van der Waals surface area contributed by atoms with E-state index in [1.807, 2.05) is 0 Å². The zero-order valence-corrected chi connectivity index (χ0v) is 15.6. The Balaban J connectivity index is 1.74. The van der Waals surface area contributed by atoms with Crippen LogP contribution in [0, 0.1) is 0 Å². The third-order valence-electron chi connectivity index (χ3n) is 4.52. The Morgan fingerprint density at radius 3 is 2.30 bits per heavy atom. The zero-order chi connectivity index (χ0) is 19.4. The highest BCUT2D eigenvalue weighted by atomic mass is 16.7. The molecule has 3 rings (SSSR count). The molecule has 0 saturated carbocycles. The van der Waals surface area contributed by atoms with Crippen molar-refractivity contribution < 1.29 is 33.9 Å². The number of aliphatic hydroxyl groups is 2. The van der Waals surface area contributed by atoms with E-state index in [0.29, 0.717) is 39.9 Å². The van der Waals surface area contributed by atoms with Gasteiger partial charge in [-0.05, 0) is 23.8 Å². The fourth-order valence-corrected chi connectivity index (χ4v) is 3.15. The van der Waals surface area contributed by atoms with Crippen molar-refractivity contribution in [1.29, 1.82) is 0 Å². The van der Waals surface area contributed by atoms with Gasteiger partial charge in [0, 0.05) is 18.4 Å². The van der Waals surface area contributed by atoms with Crippen molar-refractivity contribution in [2.45, 2.75) is 25.0 Å². The molecule has 0 saturated heterocycles. The Morgan fingerprint density at radius 2 is 1.67 bits per heavy atom. The van der Waals surface area contributed by atoms with Crippen LogP contribution in [0.2, 0.25) is 0 Å². The molecule has 0 radical (unpaired) electrons. The van der Waals surface area contributed by atoms with E-state index in [9.17, 15) is 10.2 Å². The lowest BCUT2D eigenvalue weighted by molar-refractivity contribution is 0.0803. The zero-order valence-electron chi connectivity index (χ0n) is 15.6. The standard InChI is InChI=1S/C20H24O7/c1-23-15-6-4-12(5-7-15)16(22)10-14(21)8-13-9-17(24-2)19-20(18(13)25-3)27-11-26-19/h4-7,9,14,16,21-22H,8,10-11H2,1-3H3/t14-,16+/m1/s1. The Labute approximate surface area is 158 Å². The predicted octanol–water partition coefficient (Wildman–Crippen LogP) is 2.47. The quantitative estimate of drug-likeness (QED) is 0.732. The molecule has 0 bridgehead atoms. The summed E-state index contributed by atoms with van der Waals surface area (Å²) in [5.41, 5.74) is 1.43. The van der Waals surface area contributed by atoms with Crippen LogP contribution in [0.15, 0.2) is 30.3 Å². The lowest BCUT2D eigenvalue weighted by atomic mass is 9.98. The van der Waals surface area contributed by atoms with Gasteiger partial charge in [-0.15, -0.1) is 0 Å². The van der Waals surface area contributed by atoms with E-state index in [0.717, 1.165) is 0 Å². The molecule has 0 amide bonds. The summed E-state index contributed by atoms with van der Waals surface area (Å²) >= 11 is 0. The highest BCUT2D eigenvalue weighted by molar-refractivity contribution is 5.64. The van der Waals surface area contributed by atoms with Crippen molar-refractivity contribution in [3.05, 3.63) is 41.5 Å². The van der Waals surface area contributed by atoms with Crippen LogP contribution in [0.1, 0.15) is 23.7 Å². The summed E-state index contributed by atoms with van der Waals surface area (Å²) in [6.45, 7) is 0.0875. The van der Waals surface area contributed by atoms with Crippen molar-refractivity contribution in [2.24, 2.45) is 0 Å². The summed E-state index contributed by atoms with van der Waals surface area (Å²) in [5.74, 6) is 2.69. The summed E-state index contributed by atoms with van der Waals surface area (Å²) in [6.07, 6.45) is -1.15. The number of rotatable bonds is 8. The van der Waals surface area contributed by atoms with Crippen LogP contribution < -0.4 is 23.7 Å². The van der Waals surface area contributed by atoms with Gasteiger partial charge in [-0.25, -0.2) is 0 Å². The number of hydrogen-bond acceptors (Lipinski definition) is 7. The summed E-state index contributed by atoms with van der Waals surface area (Å²) in [6, 6.07) is 8.86. The van der Waals surface area contributed by atoms with Gasteiger partial charge in [0.15, 0.2) is 11.5 Å².